The lowest BCUT2D eigenvalue weighted by atomic mass is 9.78. The molecule has 2 saturated heterocycles. The van der Waals surface area contributed by atoms with Gasteiger partial charge in [-0.15, -0.1) is 0 Å². The maximum Gasteiger partial charge on any atom is 0.494 e. The fourth-order valence-corrected chi connectivity index (χ4v) is 2.95. The number of ether oxygens (including phenoxy) is 1. The zero-order valence-electron chi connectivity index (χ0n) is 15.2. The highest BCUT2D eigenvalue weighted by Gasteiger charge is 2.51. The Bertz CT molecular complexity index is 609. The summed E-state index contributed by atoms with van der Waals surface area (Å²) in [7, 11) is -0.364. The van der Waals surface area contributed by atoms with E-state index in [1.54, 1.807) is 0 Å². The van der Waals surface area contributed by atoms with Crippen molar-refractivity contribution in [2.45, 2.75) is 45.8 Å². The SMILES string of the molecule is CCOC(=O)C1CN(c2cccc(B3OC(C)(C)C(C)(C)O3)c2)C1. The molecule has 1 aromatic carbocycles. The number of anilines is 1. The van der Waals surface area contributed by atoms with E-state index < -0.39 is 0 Å². The molecule has 0 spiro atoms. The van der Waals surface area contributed by atoms with E-state index in [0.717, 1.165) is 11.2 Å². The van der Waals surface area contributed by atoms with Crippen LogP contribution in [0, 0.1) is 5.92 Å². The summed E-state index contributed by atoms with van der Waals surface area (Å²) < 4.78 is 17.3. The zero-order chi connectivity index (χ0) is 17.5. The number of hydrogen-bond donors (Lipinski definition) is 0. The molecule has 2 fully saturated rings. The molecular weight excluding hydrogens is 305 g/mol. The highest BCUT2D eigenvalue weighted by Crippen LogP contribution is 2.36. The Kier molecular flexibility index (Phi) is 4.38. The van der Waals surface area contributed by atoms with Crippen molar-refractivity contribution in [3.05, 3.63) is 24.3 Å². The number of esters is 1. The van der Waals surface area contributed by atoms with Crippen LogP contribution in [0.4, 0.5) is 5.69 Å². The average Bonchev–Trinajstić information content (AvgIpc) is 2.66. The third-order valence-electron chi connectivity index (χ3n) is 5.26. The summed E-state index contributed by atoms with van der Waals surface area (Å²) in [6.07, 6.45) is 0. The van der Waals surface area contributed by atoms with Gasteiger partial charge in [-0.25, -0.2) is 0 Å². The van der Waals surface area contributed by atoms with Crippen molar-refractivity contribution in [2.75, 3.05) is 24.6 Å². The van der Waals surface area contributed by atoms with Gasteiger partial charge >= 0.3 is 13.1 Å². The standard InChI is InChI=1S/C18H26BNO4/c1-6-22-16(21)13-11-20(12-13)15-9-7-8-14(10-15)19-23-17(2,3)18(4,5)24-19/h7-10,13H,6,11-12H2,1-5H3. The monoisotopic (exact) mass is 331 g/mol. The van der Waals surface area contributed by atoms with Crippen LogP contribution in [0.15, 0.2) is 24.3 Å². The quantitative estimate of drug-likeness (QED) is 0.624. The Hall–Kier alpha value is -1.53. The number of benzene rings is 1. The van der Waals surface area contributed by atoms with Crippen molar-refractivity contribution in [1.82, 2.24) is 0 Å². The summed E-state index contributed by atoms with van der Waals surface area (Å²) in [5.74, 6) is -0.124. The predicted molar refractivity (Wildman–Crippen MR) is 94.5 cm³/mol. The van der Waals surface area contributed by atoms with Gasteiger partial charge in [0.05, 0.1) is 23.7 Å². The lowest BCUT2D eigenvalue weighted by Crippen LogP contribution is -2.51. The number of rotatable bonds is 4. The molecule has 24 heavy (non-hydrogen) atoms. The maximum atomic E-state index is 11.7. The van der Waals surface area contributed by atoms with Gasteiger partial charge in [-0.05, 0) is 52.2 Å². The lowest BCUT2D eigenvalue weighted by molar-refractivity contribution is -0.148. The first kappa shape index (κ1) is 17.3. The Labute approximate surface area is 144 Å². The van der Waals surface area contributed by atoms with Gasteiger partial charge in [0.15, 0.2) is 0 Å². The van der Waals surface area contributed by atoms with E-state index in [2.05, 4.69) is 44.7 Å². The lowest BCUT2D eigenvalue weighted by Gasteiger charge is -2.39. The van der Waals surface area contributed by atoms with E-state index in [-0.39, 0.29) is 30.2 Å². The largest absolute Gasteiger partial charge is 0.494 e. The number of carbonyl (C=O) groups excluding carboxylic acids is 1. The van der Waals surface area contributed by atoms with E-state index in [1.807, 2.05) is 19.1 Å². The third-order valence-corrected chi connectivity index (χ3v) is 5.26. The smallest absolute Gasteiger partial charge is 0.466 e. The third kappa shape index (κ3) is 3.05. The van der Waals surface area contributed by atoms with E-state index in [0.29, 0.717) is 19.7 Å². The van der Waals surface area contributed by atoms with E-state index in [1.165, 1.54) is 0 Å². The molecule has 0 bridgehead atoms. The molecule has 2 heterocycles. The first-order valence-corrected chi connectivity index (χ1v) is 8.60. The fourth-order valence-electron chi connectivity index (χ4n) is 2.95. The second kappa shape index (κ2) is 6.08. The van der Waals surface area contributed by atoms with E-state index in [9.17, 15) is 4.79 Å². The van der Waals surface area contributed by atoms with Crippen LogP contribution in [-0.2, 0) is 18.8 Å². The van der Waals surface area contributed by atoms with Gasteiger partial charge in [0.1, 0.15) is 0 Å². The van der Waals surface area contributed by atoms with Crippen LogP contribution in [0.3, 0.4) is 0 Å². The van der Waals surface area contributed by atoms with Gasteiger partial charge in [-0.2, -0.15) is 0 Å². The van der Waals surface area contributed by atoms with Crippen LogP contribution < -0.4 is 10.4 Å². The highest BCUT2D eigenvalue weighted by molar-refractivity contribution is 6.62. The van der Waals surface area contributed by atoms with Gasteiger partial charge in [0.2, 0.25) is 0 Å². The molecule has 2 aliphatic rings. The summed E-state index contributed by atoms with van der Waals surface area (Å²) >= 11 is 0. The van der Waals surface area contributed by atoms with E-state index >= 15 is 0 Å². The van der Waals surface area contributed by atoms with Gasteiger partial charge in [-0.1, -0.05) is 12.1 Å². The van der Waals surface area contributed by atoms with Crippen molar-refractivity contribution in [2.24, 2.45) is 5.92 Å². The van der Waals surface area contributed by atoms with Crippen LogP contribution in [0.25, 0.3) is 0 Å². The molecule has 1 aromatic rings. The molecule has 5 nitrogen and oxygen atoms in total. The average molecular weight is 331 g/mol. The maximum absolute atomic E-state index is 11.7. The highest BCUT2D eigenvalue weighted by atomic mass is 16.7. The Morgan fingerprint density at radius 1 is 1.25 bits per heavy atom. The number of hydrogen-bond acceptors (Lipinski definition) is 5. The minimum absolute atomic E-state index is 0.0227. The van der Waals surface area contributed by atoms with Crippen molar-refractivity contribution < 1.29 is 18.8 Å². The molecule has 2 aliphatic heterocycles. The second-order valence-corrected chi connectivity index (χ2v) is 7.54. The minimum Gasteiger partial charge on any atom is -0.466 e. The fraction of sp³-hybridized carbons (Fsp3) is 0.611. The summed E-state index contributed by atoms with van der Waals surface area (Å²) in [6.45, 7) is 11.9. The second-order valence-electron chi connectivity index (χ2n) is 7.54. The first-order chi connectivity index (χ1) is 11.2. The Balaban J connectivity index is 1.68. The minimum atomic E-state index is -0.364. The molecular formula is C18H26BNO4. The Morgan fingerprint density at radius 2 is 1.88 bits per heavy atom. The molecule has 0 radical (unpaired) electrons. The van der Waals surface area contributed by atoms with Crippen LogP contribution in [0.2, 0.25) is 0 Å². The molecule has 0 aromatic heterocycles. The van der Waals surface area contributed by atoms with Crippen molar-refractivity contribution in [3.8, 4) is 0 Å². The molecule has 0 N–H and O–H groups in total. The van der Waals surface area contributed by atoms with Gasteiger partial charge in [0.25, 0.3) is 0 Å². The van der Waals surface area contributed by atoms with Crippen LogP contribution in [-0.4, -0.2) is 44.0 Å². The molecule has 0 saturated carbocycles. The molecule has 130 valence electrons. The van der Waals surface area contributed by atoms with Gasteiger partial charge in [0, 0.05) is 18.8 Å². The van der Waals surface area contributed by atoms with Gasteiger partial charge < -0.3 is 18.9 Å². The Morgan fingerprint density at radius 3 is 2.46 bits per heavy atom. The predicted octanol–water partition coefficient (Wildman–Crippen LogP) is 1.99. The summed E-state index contributed by atoms with van der Waals surface area (Å²) in [4.78, 5) is 13.9. The first-order valence-electron chi connectivity index (χ1n) is 8.60. The number of nitrogens with zero attached hydrogens (tertiary/aromatic N) is 1. The molecule has 6 heteroatoms. The molecule has 0 unspecified atom stereocenters. The van der Waals surface area contributed by atoms with Crippen LogP contribution in [0.1, 0.15) is 34.6 Å². The normalized spacial score (nSPS) is 22.4. The van der Waals surface area contributed by atoms with Crippen molar-refractivity contribution >= 4 is 24.2 Å². The number of carbonyl (C=O) groups is 1. The van der Waals surface area contributed by atoms with E-state index in [4.69, 9.17) is 14.0 Å². The summed E-state index contributed by atoms with van der Waals surface area (Å²) in [6, 6.07) is 8.17. The molecule has 0 aliphatic carbocycles. The van der Waals surface area contributed by atoms with Gasteiger partial charge in [-0.3, -0.25) is 4.79 Å². The molecule has 3 rings (SSSR count). The molecule has 0 amide bonds. The summed E-state index contributed by atoms with van der Waals surface area (Å²) in [5.41, 5.74) is 1.40. The van der Waals surface area contributed by atoms with Crippen molar-refractivity contribution in [3.63, 3.8) is 0 Å². The van der Waals surface area contributed by atoms with Crippen molar-refractivity contribution in [1.29, 1.82) is 0 Å². The summed E-state index contributed by atoms with van der Waals surface area (Å²) in [5, 5.41) is 0. The molecule has 0 atom stereocenters. The van der Waals surface area contributed by atoms with Crippen LogP contribution in [0.5, 0.6) is 0 Å². The van der Waals surface area contributed by atoms with Crippen LogP contribution >= 0.6 is 0 Å². The topological polar surface area (TPSA) is 48.0 Å². The zero-order valence-corrected chi connectivity index (χ0v) is 15.2.